The molecule has 3 rings (SSSR count). The Morgan fingerprint density at radius 1 is 1.15 bits per heavy atom. The number of piperidine rings is 1. The quantitative estimate of drug-likeness (QED) is 0.511. The number of nitrogens with zero attached hydrogens (tertiary/aromatic N) is 2. The summed E-state index contributed by atoms with van der Waals surface area (Å²) in [6.07, 6.45) is -0.722. The van der Waals surface area contributed by atoms with Crippen molar-refractivity contribution in [2.24, 2.45) is 0 Å². The number of carbonyl (C=O) groups excluding carboxylic acids is 1. The number of carbonyl (C=O) groups is 2. The van der Waals surface area contributed by atoms with Gasteiger partial charge in [-0.25, -0.2) is 9.59 Å². The predicted molar refractivity (Wildman–Crippen MR) is 135 cm³/mol. The van der Waals surface area contributed by atoms with Gasteiger partial charge in [0.05, 0.1) is 10.0 Å². The molecule has 2 aromatic carbocycles. The fraction of sp³-hybridized carbons (Fsp3) is 0.440. The molecule has 2 atom stereocenters. The molecule has 0 bridgehead atoms. The molecule has 2 N–H and O–H groups in total. The Balaban J connectivity index is 1.74. The SMILES string of the molecule is CC(C)(C)OC(=O)N(CCN[C@@H]1CCN(C(=O)O)C[C@H]1c1ccc(Cl)c(Cl)c1)c1ccccc1. The zero-order chi connectivity index (χ0) is 24.9. The third-order valence-corrected chi connectivity index (χ3v) is 6.42. The van der Waals surface area contributed by atoms with Crippen LogP contribution in [0.4, 0.5) is 15.3 Å². The van der Waals surface area contributed by atoms with Crippen molar-refractivity contribution >= 4 is 41.1 Å². The van der Waals surface area contributed by atoms with Gasteiger partial charge in [0.15, 0.2) is 0 Å². The van der Waals surface area contributed by atoms with E-state index in [9.17, 15) is 14.7 Å². The minimum atomic E-state index is -0.941. The Kier molecular flexibility index (Phi) is 8.68. The van der Waals surface area contributed by atoms with E-state index in [4.69, 9.17) is 27.9 Å². The summed E-state index contributed by atoms with van der Waals surface area (Å²) in [6.45, 7) is 7.19. The molecule has 184 valence electrons. The lowest BCUT2D eigenvalue weighted by Crippen LogP contribution is -2.51. The summed E-state index contributed by atoms with van der Waals surface area (Å²) in [7, 11) is 0. The van der Waals surface area contributed by atoms with Crippen molar-refractivity contribution in [1.29, 1.82) is 0 Å². The van der Waals surface area contributed by atoms with Gasteiger partial charge in [-0.2, -0.15) is 0 Å². The normalized spacial score (nSPS) is 18.4. The van der Waals surface area contributed by atoms with Crippen molar-refractivity contribution in [1.82, 2.24) is 10.2 Å². The van der Waals surface area contributed by atoms with Crippen LogP contribution in [0.2, 0.25) is 10.0 Å². The molecule has 0 aromatic heterocycles. The summed E-state index contributed by atoms with van der Waals surface area (Å²) >= 11 is 12.3. The Bertz CT molecular complexity index is 997. The van der Waals surface area contributed by atoms with Gasteiger partial charge < -0.3 is 20.1 Å². The van der Waals surface area contributed by atoms with Crippen molar-refractivity contribution in [3.05, 3.63) is 64.1 Å². The summed E-state index contributed by atoms with van der Waals surface area (Å²) in [5.41, 5.74) is 1.06. The van der Waals surface area contributed by atoms with Gasteiger partial charge in [-0.15, -0.1) is 0 Å². The van der Waals surface area contributed by atoms with Gasteiger partial charge in [-0.3, -0.25) is 4.90 Å². The predicted octanol–water partition coefficient (Wildman–Crippen LogP) is 5.86. The fourth-order valence-corrected chi connectivity index (χ4v) is 4.37. The second-order valence-electron chi connectivity index (χ2n) is 9.33. The molecule has 0 unspecified atom stereocenters. The van der Waals surface area contributed by atoms with E-state index in [1.54, 1.807) is 17.0 Å². The topological polar surface area (TPSA) is 82.1 Å². The molecule has 1 heterocycles. The first-order chi connectivity index (χ1) is 16.0. The summed E-state index contributed by atoms with van der Waals surface area (Å²) < 4.78 is 5.61. The van der Waals surface area contributed by atoms with Gasteiger partial charge in [0.25, 0.3) is 0 Å². The number of amides is 2. The third-order valence-electron chi connectivity index (χ3n) is 5.68. The van der Waals surface area contributed by atoms with E-state index in [-0.39, 0.29) is 12.0 Å². The lowest BCUT2D eigenvalue weighted by Gasteiger charge is -2.38. The standard InChI is InChI=1S/C25H31Cl2N3O4/c1-25(2,3)34-24(33)30(18-7-5-4-6-8-18)14-12-28-22-11-13-29(23(31)32)16-19(22)17-9-10-20(26)21(27)15-17/h4-10,15,19,22,28H,11-14,16H2,1-3H3,(H,31,32)/t19-,22+/m0/s1. The van der Waals surface area contributed by atoms with Crippen molar-refractivity contribution in [2.45, 2.75) is 44.8 Å². The highest BCUT2D eigenvalue weighted by Gasteiger charge is 2.33. The smallest absolute Gasteiger partial charge is 0.414 e. The van der Waals surface area contributed by atoms with E-state index in [1.165, 1.54) is 4.90 Å². The summed E-state index contributed by atoms with van der Waals surface area (Å²) in [5.74, 6) is -0.105. The second-order valence-corrected chi connectivity index (χ2v) is 10.1. The highest BCUT2D eigenvalue weighted by Crippen LogP contribution is 2.32. The zero-order valence-corrected chi connectivity index (χ0v) is 21.1. The number of hydrogen-bond acceptors (Lipinski definition) is 4. The van der Waals surface area contributed by atoms with Crippen LogP contribution in [0, 0.1) is 0 Å². The third kappa shape index (κ3) is 7.01. The van der Waals surface area contributed by atoms with Crippen molar-refractivity contribution in [2.75, 3.05) is 31.1 Å². The van der Waals surface area contributed by atoms with Gasteiger partial charge in [0.2, 0.25) is 0 Å². The van der Waals surface area contributed by atoms with E-state index in [2.05, 4.69) is 5.32 Å². The second kappa shape index (κ2) is 11.3. The molecular weight excluding hydrogens is 477 g/mol. The van der Waals surface area contributed by atoms with Crippen LogP contribution in [0.5, 0.6) is 0 Å². The first kappa shape index (κ1) is 26.1. The highest BCUT2D eigenvalue weighted by atomic mass is 35.5. The number of anilines is 1. The van der Waals surface area contributed by atoms with Crippen LogP contribution in [-0.2, 0) is 4.74 Å². The maximum atomic E-state index is 12.9. The Hall–Kier alpha value is -2.48. The number of carboxylic acid groups (broad SMARTS) is 1. The highest BCUT2D eigenvalue weighted by molar-refractivity contribution is 6.42. The van der Waals surface area contributed by atoms with E-state index in [1.807, 2.05) is 57.2 Å². The number of nitrogens with one attached hydrogen (secondary N) is 1. The van der Waals surface area contributed by atoms with Gasteiger partial charge in [-0.05, 0) is 57.0 Å². The van der Waals surface area contributed by atoms with Crippen molar-refractivity contribution in [3.63, 3.8) is 0 Å². The van der Waals surface area contributed by atoms with Gasteiger partial charge in [-0.1, -0.05) is 47.5 Å². The average molecular weight is 508 g/mol. The molecule has 1 aliphatic rings. The molecule has 0 saturated carbocycles. The maximum absolute atomic E-state index is 12.9. The van der Waals surface area contributed by atoms with Crippen molar-refractivity contribution in [3.8, 4) is 0 Å². The van der Waals surface area contributed by atoms with E-state index >= 15 is 0 Å². The largest absolute Gasteiger partial charge is 0.465 e. The molecule has 0 spiro atoms. The van der Waals surface area contributed by atoms with Crippen LogP contribution < -0.4 is 10.2 Å². The van der Waals surface area contributed by atoms with Crippen LogP contribution in [0.3, 0.4) is 0 Å². The lowest BCUT2D eigenvalue weighted by molar-refractivity contribution is 0.0579. The number of rotatable bonds is 6. The van der Waals surface area contributed by atoms with Crippen LogP contribution in [0.1, 0.15) is 38.7 Å². The van der Waals surface area contributed by atoms with Crippen LogP contribution in [-0.4, -0.2) is 60.0 Å². The molecule has 1 fully saturated rings. The first-order valence-corrected chi connectivity index (χ1v) is 12.0. The molecule has 1 saturated heterocycles. The van der Waals surface area contributed by atoms with Crippen LogP contribution in [0.15, 0.2) is 48.5 Å². The summed E-state index contributed by atoms with van der Waals surface area (Å²) in [4.78, 5) is 27.5. The molecule has 7 nitrogen and oxygen atoms in total. The van der Waals surface area contributed by atoms with Crippen LogP contribution >= 0.6 is 23.2 Å². The Morgan fingerprint density at radius 3 is 2.47 bits per heavy atom. The van der Waals surface area contributed by atoms with E-state index in [0.717, 1.165) is 11.3 Å². The minimum Gasteiger partial charge on any atom is -0.465 e. The van der Waals surface area contributed by atoms with Gasteiger partial charge in [0.1, 0.15) is 5.60 Å². The fourth-order valence-electron chi connectivity index (χ4n) is 4.06. The molecule has 0 aliphatic carbocycles. The molecule has 0 radical (unpaired) electrons. The number of likely N-dealkylation sites (tertiary alicyclic amines) is 1. The number of ether oxygens (including phenoxy) is 1. The Labute approximate surface area is 210 Å². The first-order valence-electron chi connectivity index (χ1n) is 11.3. The lowest BCUT2D eigenvalue weighted by atomic mass is 9.86. The number of hydrogen-bond donors (Lipinski definition) is 2. The monoisotopic (exact) mass is 507 g/mol. The minimum absolute atomic E-state index is 0.00380. The number of para-hydroxylation sites is 1. The van der Waals surface area contributed by atoms with Crippen LogP contribution in [0.25, 0.3) is 0 Å². The molecule has 2 aromatic rings. The van der Waals surface area contributed by atoms with Gasteiger partial charge >= 0.3 is 12.2 Å². The van der Waals surface area contributed by atoms with E-state index in [0.29, 0.717) is 42.6 Å². The summed E-state index contributed by atoms with van der Waals surface area (Å²) in [6, 6.07) is 14.8. The molecule has 2 amide bonds. The van der Waals surface area contributed by atoms with Gasteiger partial charge in [0, 0.05) is 43.8 Å². The maximum Gasteiger partial charge on any atom is 0.414 e. The van der Waals surface area contributed by atoms with E-state index < -0.39 is 17.8 Å². The molecule has 9 heteroatoms. The molecule has 34 heavy (non-hydrogen) atoms. The number of benzene rings is 2. The average Bonchev–Trinajstić information content (AvgIpc) is 2.78. The molecular formula is C25H31Cl2N3O4. The Morgan fingerprint density at radius 2 is 1.85 bits per heavy atom. The zero-order valence-electron chi connectivity index (χ0n) is 19.6. The summed E-state index contributed by atoms with van der Waals surface area (Å²) in [5, 5.41) is 13.9. The molecule has 1 aliphatic heterocycles. The number of halogens is 2. The van der Waals surface area contributed by atoms with Crippen molar-refractivity contribution < 1.29 is 19.4 Å².